The normalized spacial score (nSPS) is 22.0. The number of nitrogens with one attached hydrogen (secondary N) is 2. The number of aromatic nitrogens is 2. The Morgan fingerprint density at radius 2 is 2.41 bits per heavy atom. The summed E-state index contributed by atoms with van der Waals surface area (Å²) in [6, 6.07) is 0. The van der Waals surface area contributed by atoms with Gasteiger partial charge in [-0.3, -0.25) is 9.59 Å². The Kier molecular flexibility index (Phi) is 5.32. The fraction of sp³-hybridized carbons (Fsp3) is 0.533. The highest BCUT2D eigenvalue weighted by Gasteiger charge is 2.34. The van der Waals surface area contributed by atoms with Gasteiger partial charge in [-0.2, -0.15) is 0 Å². The van der Waals surface area contributed by atoms with E-state index in [4.69, 9.17) is 0 Å². The number of likely N-dealkylation sites (tertiary alicyclic amines) is 1. The first kappa shape index (κ1) is 16.2. The Morgan fingerprint density at radius 1 is 1.59 bits per heavy atom. The summed E-state index contributed by atoms with van der Waals surface area (Å²) in [4.78, 5) is 31.9. The topological polar surface area (TPSA) is 98.3 Å². The number of nitrogens with zero attached hydrogens (tertiary/aromatic N) is 2. The zero-order chi connectivity index (χ0) is 16.0. The van der Waals surface area contributed by atoms with Crippen LogP contribution in [0.25, 0.3) is 6.08 Å². The van der Waals surface area contributed by atoms with Gasteiger partial charge in [-0.1, -0.05) is 0 Å². The summed E-state index contributed by atoms with van der Waals surface area (Å²) in [6.45, 7) is 0.880. The largest absolute Gasteiger partial charge is 0.388 e. The Labute approximate surface area is 129 Å². The Bertz CT molecular complexity index is 541. The first-order valence-corrected chi connectivity index (χ1v) is 7.41. The van der Waals surface area contributed by atoms with E-state index >= 15 is 0 Å². The van der Waals surface area contributed by atoms with Crippen LogP contribution in [0.2, 0.25) is 0 Å². The lowest BCUT2D eigenvalue weighted by molar-refractivity contribution is -0.134. The van der Waals surface area contributed by atoms with Crippen molar-refractivity contribution in [2.75, 3.05) is 20.1 Å². The second kappa shape index (κ2) is 7.22. The van der Waals surface area contributed by atoms with Crippen molar-refractivity contribution in [1.82, 2.24) is 20.2 Å². The molecule has 1 saturated heterocycles. The Hall–Kier alpha value is -2.15. The number of carbonyl (C=O) groups is 2. The molecule has 1 aromatic heterocycles. The molecule has 0 spiro atoms. The molecule has 7 nitrogen and oxygen atoms in total. The highest BCUT2D eigenvalue weighted by Crippen LogP contribution is 2.26. The van der Waals surface area contributed by atoms with Gasteiger partial charge in [0.1, 0.15) is 0 Å². The summed E-state index contributed by atoms with van der Waals surface area (Å²) in [6.07, 6.45) is 8.26. The summed E-state index contributed by atoms with van der Waals surface area (Å²) >= 11 is 0. The maximum atomic E-state index is 12.2. The predicted octanol–water partition coefficient (Wildman–Crippen LogP) is 0.303. The van der Waals surface area contributed by atoms with Gasteiger partial charge in [-0.05, 0) is 25.3 Å². The fourth-order valence-electron chi connectivity index (χ4n) is 2.60. The van der Waals surface area contributed by atoms with E-state index in [9.17, 15) is 14.7 Å². The minimum Gasteiger partial charge on any atom is -0.388 e. The number of hydrogen-bond donors (Lipinski definition) is 3. The van der Waals surface area contributed by atoms with E-state index in [-0.39, 0.29) is 24.8 Å². The van der Waals surface area contributed by atoms with E-state index in [0.717, 1.165) is 12.1 Å². The van der Waals surface area contributed by atoms with Crippen molar-refractivity contribution in [3.8, 4) is 0 Å². The van der Waals surface area contributed by atoms with Crippen molar-refractivity contribution in [2.24, 2.45) is 0 Å². The van der Waals surface area contributed by atoms with Gasteiger partial charge in [0.25, 0.3) is 0 Å². The molecule has 2 amide bonds. The summed E-state index contributed by atoms with van der Waals surface area (Å²) in [5.74, 6) is -0.247. The van der Waals surface area contributed by atoms with E-state index in [1.807, 2.05) is 0 Å². The number of β-amino-alcohol motifs (C(OH)–C–C–N with tert-alkyl or cyclic N) is 1. The quantitative estimate of drug-likeness (QED) is 0.682. The molecular weight excluding hydrogens is 284 g/mol. The van der Waals surface area contributed by atoms with Crippen LogP contribution in [0.15, 0.2) is 18.6 Å². The third-order valence-corrected chi connectivity index (χ3v) is 3.89. The van der Waals surface area contributed by atoms with Crippen molar-refractivity contribution in [1.29, 1.82) is 0 Å². The number of amides is 2. The molecule has 3 N–H and O–H groups in total. The summed E-state index contributed by atoms with van der Waals surface area (Å²) in [7, 11) is 1.57. The molecule has 1 atom stereocenters. The van der Waals surface area contributed by atoms with E-state index in [0.29, 0.717) is 19.4 Å². The van der Waals surface area contributed by atoms with Crippen LogP contribution in [0.3, 0.4) is 0 Å². The molecule has 0 aliphatic carbocycles. The van der Waals surface area contributed by atoms with Crippen molar-refractivity contribution < 1.29 is 14.7 Å². The lowest BCUT2D eigenvalue weighted by atomic mass is 9.88. The molecule has 120 valence electrons. The molecule has 0 unspecified atom stereocenters. The molecule has 1 fully saturated rings. The van der Waals surface area contributed by atoms with Crippen LogP contribution in [0, 0.1) is 0 Å². The third kappa shape index (κ3) is 4.42. The Morgan fingerprint density at radius 3 is 3.09 bits per heavy atom. The second-order valence-corrected chi connectivity index (χ2v) is 5.60. The molecule has 0 bridgehead atoms. The minimum atomic E-state index is -0.984. The van der Waals surface area contributed by atoms with Gasteiger partial charge >= 0.3 is 0 Å². The number of piperidine rings is 1. The van der Waals surface area contributed by atoms with Crippen LogP contribution in [-0.2, 0) is 9.59 Å². The predicted molar refractivity (Wildman–Crippen MR) is 81.7 cm³/mol. The smallest absolute Gasteiger partial charge is 0.246 e. The molecule has 1 aromatic rings. The van der Waals surface area contributed by atoms with Crippen LogP contribution < -0.4 is 5.32 Å². The molecule has 0 saturated carbocycles. The summed E-state index contributed by atoms with van der Waals surface area (Å²) < 4.78 is 0. The van der Waals surface area contributed by atoms with Crippen LogP contribution in [0.1, 0.15) is 31.4 Å². The molecule has 0 radical (unpaired) electrons. The van der Waals surface area contributed by atoms with Crippen LogP contribution in [-0.4, -0.2) is 57.5 Å². The van der Waals surface area contributed by atoms with E-state index in [2.05, 4.69) is 15.3 Å². The number of rotatable bonds is 5. The highest BCUT2D eigenvalue weighted by molar-refractivity contribution is 5.91. The van der Waals surface area contributed by atoms with Gasteiger partial charge in [-0.25, -0.2) is 4.98 Å². The second-order valence-electron chi connectivity index (χ2n) is 5.60. The van der Waals surface area contributed by atoms with Crippen LogP contribution in [0.4, 0.5) is 0 Å². The zero-order valence-corrected chi connectivity index (χ0v) is 12.7. The number of imidazole rings is 1. The van der Waals surface area contributed by atoms with Crippen molar-refractivity contribution in [2.45, 2.75) is 31.3 Å². The van der Waals surface area contributed by atoms with Gasteiger partial charge < -0.3 is 20.3 Å². The first-order chi connectivity index (χ1) is 10.5. The third-order valence-electron chi connectivity index (χ3n) is 3.89. The van der Waals surface area contributed by atoms with E-state index < -0.39 is 5.60 Å². The zero-order valence-electron chi connectivity index (χ0n) is 12.7. The van der Waals surface area contributed by atoms with Gasteiger partial charge in [0.05, 0.1) is 23.8 Å². The number of aliphatic hydroxyl groups is 1. The molecule has 2 heterocycles. The maximum absolute atomic E-state index is 12.2. The van der Waals surface area contributed by atoms with Gasteiger partial charge in [0, 0.05) is 32.6 Å². The van der Waals surface area contributed by atoms with Crippen LogP contribution >= 0.6 is 0 Å². The molecule has 1 aliphatic heterocycles. The number of aromatic amines is 1. The summed E-state index contributed by atoms with van der Waals surface area (Å²) in [5.41, 5.74) is -0.234. The average Bonchev–Trinajstić information content (AvgIpc) is 3.03. The Balaban J connectivity index is 1.91. The SMILES string of the molecule is CNC(=O)CC[C@@]1(O)CCCN(C(=O)/C=C/c2cnc[nH]2)C1. The van der Waals surface area contributed by atoms with Crippen LogP contribution in [0.5, 0.6) is 0 Å². The van der Waals surface area contributed by atoms with Crippen molar-refractivity contribution in [3.05, 3.63) is 24.3 Å². The first-order valence-electron chi connectivity index (χ1n) is 7.41. The maximum Gasteiger partial charge on any atom is 0.246 e. The molecular formula is C15H22N4O3. The number of H-pyrrole nitrogens is 1. The van der Waals surface area contributed by atoms with Crippen molar-refractivity contribution in [3.63, 3.8) is 0 Å². The van der Waals surface area contributed by atoms with E-state index in [1.165, 1.54) is 6.08 Å². The van der Waals surface area contributed by atoms with Crippen molar-refractivity contribution >= 4 is 17.9 Å². The molecule has 22 heavy (non-hydrogen) atoms. The molecule has 7 heteroatoms. The highest BCUT2D eigenvalue weighted by atomic mass is 16.3. The molecule has 2 rings (SSSR count). The average molecular weight is 306 g/mol. The summed E-state index contributed by atoms with van der Waals surface area (Å²) in [5, 5.41) is 13.1. The molecule has 0 aromatic carbocycles. The fourth-order valence-corrected chi connectivity index (χ4v) is 2.60. The number of hydrogen-bond acceptors (Lipinski definition) is 4. The lowest BCUT2D eigenvalue weighted by Crippen LogP contribution is -2.50. The number of carbonyl (C=O) groups excluding carboxylic acids is 2. The van der Waals surface area contributed by atoms with Gasteiger partial charge in [-0.15, -0.1) is 0 Å². The van der Waals surface area contributed by atoms with E-state index in [1.54, 1.807) is 30.5 Å². The molecule has 1 aliphatic rings. The standard InChI is InChI=1S/C15H22N4O3/c1-16-13(20)5-7-15(22)6-2-8-19(10-15)14(21)4-3-12-9-17-11-18-12/h3-4,9,11,22H,2,5-8,10H2,1H3,(H,16,20)(H,17,18)/b4-3+/t15-/m0/s1. The monoisotopic (exact) mass is 306 g/mol. The lowest BCUT2D eigenvalue weighted by Gasteiger charge is -2.38. The van der Waals surface area contributed by atoms with Gasteiger partial charge in [0.2, 0.25) is 11.8 Å². The minimum absolute atomic E-state index is 0.101. The van der Waals surface area contributed by atoms with Gasteiger partial charge in [0.15, 0.2) is 0 Å².